The van der Waals surface area contributed by atoms with E-state index < -0.39 is 5.91 Å². The molecule has 3 amide bonds. The van der Waals surface area contributed by atoms with Crippen LogP contribution in [0.2, 0.25) is 0 Å². The van der Waals surface area contributed by atoms with Gasteiger partial charge in [-0.25, -0.2) is 0 Å². The van der Waals surface area contributed by atoms with Crippen molar-refractivity contribution in [2.24, 2.45) is 0 Å². The van der Waals surface area contributed by atoms with Crippen LogP contribution in [-0.2, 0) is 9.59 Å². The van der Waals surface area contributed by atoms with Crippen molar-refractivity contribution in [3.63, 3.8) is 0 Å². The number of thiocarbonyl (C=S) groups is 1. The molecule has 2 aromatic rings. The van der Waals surface area contributed by atoms with E-state index >= 15 is 0 Å². The quantitative estimate of drug-likeness (QED) is 0.447. The molecule has 0 aliphatic carbocycles. The SMILES string of the molecule is Cc1cccc(C(=O)NC(=S)NNC(=O)CCC(=O)Nc2cc(C)ccc2C)c1. The highest BCUT2D eigenvalue weighted by Crippen LogP contribution is 2.16. The molecule has 0 spiro atoms. The van der Waals surface area contributed by atoms with Crippen LogP contribution >= 0.6 is 12.2 Å². The summed E-state index contributed by atoms with van der Waals surface area (Å²) < 4.78 is 0. The molecule has 2 aromatic carbocycles. The Kier molecular flexibility index (Phi) is 7.85. The maximum absolute atomic E-state index is 12.1. The van der Waals surface area contributed by atoms with Gasteiger partial charge in [-0.05, 0) is 62.3 Å². The third-order valence-corrected chi connectivity index (χ3v) is 4.27. The lowest BCUT2D eigenvalue weighted by Gasteiger charge is -2.12. The van der Waals surface area contributed by atoms with Gasteiger partial charge in [0.2, 0.25) is 11.8 Å². The number of nitrogens with one attached hydrogen (secondary N) is 4. The zero-order valence-electron chi connectivity index (χ0n) is 16.6. The van der Waals surface area contributed by atoms with Crippen LogP contribution in [0, 0.1) is 20.8 Å². The molecule has 29 heavy (non-hydrogen) atoms. The molecule has 0 heterocycles. The van der Waals surface area contributed by atoms with E-state index in [0.29, 0.717) is 5.56 Å². The Bertz CT molecular complexity index is 943. The molecule has 2 rings (SSSR count). The Morgan fingerprint density at radius 1 is 0.862 bits per heavy atom. The Morgan fingerprint density at radius 2 is 1.55 bits per heavy atom. The summed E-state index contributed by atoms with van der Waals surface area (Å²) in [5.74, 6) is -1.06. The number of benzene rings is 2. The molecular weight excluding hydrogens is 388 g/mol. The lowest BCUT2D eigenvalue weighted by Crippen LogP contribution is -2.48. The van der Waals surface area contributed by atoms with Crippen LogP contribution in [0.5, 0.6) is 0 Å². The molecule has 4 N–H and O–H groups in total. The fraction of sp³-hybridized carbons (Fsp3) is 0.238. The van der Waals surface area contributed by atoms with Crippen LogP contribution in [0.3, 0.4) is 0 Å². The Morgan fingerprint density at radius 3 is 2.28 bits per heavy atom. The second-order valence-electron chi connectivity index (χ2n) is 6.69. The van der Waals surface area contributed by atoms with E-state index in [4.69, 9.17) is 12.2 Å². The minimum Gasteiger partial charge on any atom is -0.326 e. The number of anilines is 1. The lowest BCUT2D eigenvalue weighted by atomic mass is 10.1. The zero-order valence-corrected chi connectivity index (χ0v) is 17.4. The van der Waals surface area contributed by atoms with Crippen molar-refractivity contribution in [1.29, 1.82) is 0 Å². The summed E-state index contributed by atoms with van der Waals surface area (Å²) >= 11 is 4.99. The Labute approximate surface area is 175 Å². The number of hydrazine groups is 1. The van der Waals surface area contributed by atoms with Gasteiger partial charge in [-0.3, -0.25) is 30.6 Å². The number of carbonyl (C=O) groups excluding carboxylic acids is 3. The summed E-state index contributed by atoms with van der Waals surface area (Å²) in [7, 11) is 0. The van der Waals surface area contributed by atoms with Gasteiger partial charge in [0.15, 0.2) is 5.11 Å². The van der Waals surface area contributed by atoms with Crippen LogP contribution in [-0.4, -0.2) is 22.8 Å². The van der Waals surface area contributed by atoms with E-state index in [1.807, 2.05) is 45.0 Å². The summed E-state index contributed by atoms with van der Waals surface area (Å²) in [5, 5.41) is 5.24. The molecular formula is C21H24N4O3S. The van der Waals surface area contributed by atoms with Gasteiger partial charge < -0.3 is 5.32 Å². The third kappa shape index (κ3) is 7.34. The van der Waals surface area contributed by atoms with Gasteiger partial charge >= 0.3 is 0 Å². The smallest absolute Gasteiger partial charge is 0.257 e. The van der Waals surface area contributed by atoms with Crippen LogP contribution in [0.15, 0.2) is 42.5 Å². The first kappa shape index (κ1) is 22.0. The van der Waals surface area contributed by atoms with E-state index in [2.05, 4.69) is 21.5 Å². The molecule has 0 fully saturated rings. The first-order valence-electron chi connectivity index (χ1n) is 9.08. The highest BCUT2D eigenvalue weighted by Gasteiger charge is 2.11. The van der Waals surface area contributed by atoms with E-state index in [-0.39, 0.29) is 29.8 Å². The average molecular weight is 413 g/mol. The Balaban J connectivity index is 1.72. The van der Waals surface area contributed by atoms with Crippen molar-refractivity contribution in [1.82, 2.24) is 16.2 Å². The molecule has 0 saturated carbocycles. The molecule has 0 atom stereocenters. The number of aryl methyl sites for hydroxylation is 3. The van der Waals surface area contributed by atoms with Crippen LogP contribution < -0.4 is 21.5 Å². The van der Waals surface area contributed by atoms with Gasteiger partial charge in [0.05, 0.1) is 0 Å². The number of hydrogen-bond donors (Lipinski definition) is 4. The first-order valence-corrected chi connectivity index (χ1v) is 9.49. The molecule has 0 aromatic heterocycles. The minimum absolute atomic E-state index is 0.0172. The molecule has 0 bridgehead atoms. The zero-order chi connectivity index (χ0) is 21.4. The summed E-state index contributed by atoms with van der Waals surface area (Å²) in [6.07, 6.45) is -0.0125. The fourth-order valence-corrected chi connectivity index (χ4v) is 2.64. The van der Waals surface area contributed by atoms with Crippen molar-refractivity contribution in [2.75, 3.05) is 5.32 Å². The topological polar surface area (TPSA) is 99.3 Å². The largest absolute Gasteiger partial charge is 0.326 e. The lowest BCUT2D eigenvalue weighted by molar-refractivity contribution is -0.124. The predicted molar refractivity (Wildman–Crippen MR) is 116 cm³/mol. The highest BCUT2D eigenvalue weighted by atomic mass is 32.1. The molecule has 0 unspecified atom stereocenters. The van der Waals surface area contributed by atoms with E-state index in [0.717, 1.165) is 22.4 Å². The Hall–Kier alpha value is -3.26. The van der Waals surface area contributed by atoms with Crippen molar-refractivity contribution >= 4 is 40.7 Å². The molecule has 7 nitrogen and oxygen atoms in total. The second kappa shape index (κ2) is 10.3. The number of hydrogen-bond acceptors (Lipinski definition) is 4. The number of rotatable bonds is 5. The third-order valence-electron chi connectivity index (χ3n) is 4.07. The van der Waals surface area contributed by atoms with Gasteiger partial charge in [0.25, 0.3) is 5.91 Å². The van der Waals surface area contributed by atoms with E-state index in [1.54, 1.807) is 18.2 Å². The van der Waals surface area contributed by atoms with Crippen LogP contribution in [0.4, 0.5) is 5.69 Å². The van der Waals surface area contributed by atoms with Crippen molar-refractivity contribution < 1.29 is 14.4 Å². The summed E-state index contributed by atoms with van der Waals surface area (Å²) in [4.78, 5) is 36.0. The maximum Gasteiger partial charge on any atom is 0.257 e. The van der Waals surface area contributed by atoms with Crippen molar-refractivity contribution in [3.05, 3.63) is 64.7 Å². The second-order valence-corrected chi connectivity index (χ2v) is 7.10. The van der Waals surface area contributed by atoms with E-state index in [9.17, 15) is 14.4 Å². The summed E-state index contributed by atoms with van der Waals surface area (Å²) in [5.41, 5.74) is 8.95. The maximum atomic E-state index is 12.1. The normalized spacial score (nSPS) is 10.0. The minimum atomic E-state index is -0.423. The van der Waals surface area contributed by atoms with Crippen molar-refractivity contribution in [2.45, 2.75) is 33.6 Å². The van der Waals surface area contributed by atoms with Gasteiger partial charge in [-0.15, -0.1) is 0 Å². The predicted octanol–water partition coefficient (Wildman–Crippen LogP) is 2.67. The van der Waals surface area contributed by atoms with Crippen LogP contribution in [0.25, 0.3) is 0 Å². The molecule has 0 aliphatic heterocycles. The average Bonchev–Trinajstić information content (AvgIpc) is 2.67. The summed E-state index contributed by atoms with van der Waals surface area (Å²) in [6.45, 7) is 5.72. The van der Waals surface area contributed by atoms with Gasteiger partial charge in [-0.1, -0.05) is 29.8 Å². The highest BCUT2D eigenvalue weighted by molar-refractivity contribution is 7.80. The van der Waals surface area contributed by atoms with Gasteiger partial charge in [0, 0.05) is 24.1 Å². The number of carbonyl (C=O) groups is 3. The van der Waals surface area contributed by atoms with Crippen molar-refractivity contribution in [3.8, 4) is 0 Å². The molecule has 152 valence electrons. The standard InChI is InChI=1S/C21H24N4O3S/c1-13-5-4-6-16(11-13)20(28)23-21(29)25-24-19(27)10-9-18(26)22-17-12-14(2)7-8-15(17)3/h4-8,11-12H,9-10H2,1-3H3,(H,22,26)(H,24,27)(H2,23,25,28,29). The molecule has 0 aliphatic rings. The molecule has 0 radical (unpaired) electrons. The monoisotopic (exact) mass is 412 g/mol. The fourth-order valence-electron chi connectivity index (χ4n) is 2.49. The van der Waals surface area contributed by atoms with Gasteiger partial charge in [0.1, 0.15) is 0 Å². The summed E-state index contributed by atoms with van der Waals surface area (Å²) in [6, 6.07) is 12.8. The van der Waals surface area contributed by atoms with E-state index in [1.165, 1.54) is 0 Å². The number of amides is 3. The first-order chi connectivity index (χ1) is 13.7. The van der Waals surface area contributed by atoms with Crippen LogP contribution in [0.1, 0.15) is 39.9 Å². The van der Waals surface area contributed by atoms with Gasteiger partial charge in [-0.2, -0.15) is 0 Å². The molecule has 0 saturated heterocycles. The molecule has 8 heteroatoms.